The molecule has 2 aromatic heterocycles. The minimum absolute atomic E-state index is 0.0219. The van der Waals surface area contributed by atoms with Gasteiger partial charge in [-0.25, -0.2) is 8.42 Å². The molecule has 0 fully saturated rings. The van der Waals surface area contributed by atoms with Crippen LogP contribution in [0.1, 0.15) is 36.4 Å². The third-order valence-electron chi connectivity index (χ3n) is 4.89. The first-order valence-electron chi connectivity index (χ1n) is 10.3. The predicted octanol–water partition coefficient (Wildman–Crippen LogP) is 4.23. The molecule has 0 spiro atoms. The molecular formula is C23H25N5O3S2. The molecule has 0 saturated carbocycles. The first-order valence-corrected chi connectivity index (χ1v) is 12.7. The van der Waals surface area contributed by atoms with E-state index >= 15 is 0 Å². The van der Waals surface area contributed by atoms with Crippen LogP contribution < -0.4 is 5.32 Å². The highest BCUT2D eigenvalue weighted by Gasteiger charge is 2.23. The van der Waals surface area contributed by atoms with Crippen molar-refractivity contribution in [2.45, 2.75) is 39.8 Å². The van der Waals surface area contributed by atoms with Gasteiger partial charge in [0, 0.05) is 28.6 Å². The van der Waals surface area contributed by atoms with Crippen LogP contribution in [0.25, 0.3) is 11.8 Å². The standard InChI is InChI=1S/C23H25N5O3S2/c1-14(2)13-33(30,31)23-26-22(32-27-23)25-21(29)19(12-24)11-18-10-16(4)28(17(18)5)20-8-6-15(3)7-9-20/h6-11,14H,13H2,1-5H3,(H,25,26,27,29)/b19-11-. The van der Waals surface area contributed by atoms with Gasteiger partial charge in [0.05, 0.1) is 5.75 Å². The van der Waals surface area contributed by atoms with Gasteiger partial charge in [0.1, 0.15) is 11.6 Å². The zero-order valence-corrected chi connectivity index (χ0v) is 20.7. The summed E-state index contributed by atoms with van der Waals surface area (Å²) >= 11 is 0.761. The number of rotatable bonds is 7. The summed E-state index contributed by atoms with van der Waals surface area (Å²) in [4.78, 5) is 16.6. The second-order valence-corrected chi connectivity index (χ2v) is 10.9. The molecule has 1 amide bonds. The van der Waals surface area contributed by atoms with Gasteiger partial charge in [0.25, 0.3) is 11.1 Å². The second kappa shape index (κ2) is 9.68. The third-order valence-corrected chi connectivity index (χ3v) is 7.48. The van der Waals surface area contributed by atoms with Crippen molar-refractivity contribution in [3.8, 4) is 11.8 Å². The average Bonchev–Trinajstić information content (AvgIpc) is 3.31. The summed E-state index contributed by atoms with van der Waals surface area (Å²) in [5.41, 5.74) is 4.60. The molecule has 0 unspecified atom stereocenters. The van der Waals surface area contributed by atoms with Crippen molar-refractivity contribution < 1.29 is 13.2 Å². The second-order valence-electron chi connectivity index (χ2n) is 8.18. The Kier molecular flexibility index (Phi) is 7.15. The van der Waals surface area contributed by atoms with Gasteiger partial charge in [0.2, 0.25) is 15.0 Å². The molecule has 1 aromatic carbocycles. The van der Waals surface area contributed by atoms with Crippen LogP contribution in [0.5, 0.6) is 0 Å². The summed E-state index contributed by atoms with van der Waals surface area (Å²) in [5, 5.41) is 11.8. The predicted molar refractivity (Wildman–Crippen MR) is 129 cm³/mol. The van der Waals surface area contributed by atoms with Crippen molar-refractivity contribution in [1.29, 1.82) is 5.26 Å². The average molecular weight is 484 g/mol. The number of amides is 1. The van der Waals surface area contributed by atoms with Gasteiger partial charge in [-0.05, 0) is 56.5 Å². The lowest BCUT2D eigenvalue weighted by Crippen LogP contribution is -2.15. The zero-order chi connectivity index (χ0) is 24.3. The Morgan fingerprint density at radius 1 is 1.24 bits per heavy atom. The van der Waals surface area contributed by atoms with Crippen LogP contribution in [0, 0.1) is 38.0 Å². The zero-order valence-electron chi connectivity index (χ0n) is 19.1. The summed E-state index contributed by atoms with van der Waals surface area (Å²) in [6, 6.07) is 11.9. The molecule has 0 radical (unpaired) electrons. The number of aryl methyl sites for hydroxylation is 2. The van der Waals surface area contributed by atoms with Crippen molar-refractivity contribution in [2.24, 2.45) is 5.92 Å². The molecule has 0 aliphatic carbocycles. The number of nitriles is 1. The molecule has 3 rings (SSSR count). The molecule has 33 heavy (non-hydrogen) atoms. The lowest BCUT2D eigenvalue weighted by atomic mass is 10.1. The maximum atomic E-state index is 12.7. The van der Waals surface area contributed by atoms with Gasteiger partial charge in [-0.15, -0.1) is 0 Å². The van der Waals surface area contributed by atoms with E-state index < -0.39 is 15.7 Å². The molecule has 2 heterocycles. The van der Waals surface area contributed by atoms with E-state index in [1.54, 1.807) is 13.8 Å². The normalized spacial score (nSPS) is 12.1. The van der Waals surface area contributed by atoms with E-state index in [0.29, 0.717) is 0 Å². The smallest absolute Gasteiger partial charge is 0.268 e. The lowest BCUT2D eigenvalue weighted by molar-refractivity contribution is -0.112. The molecule has 0 aliphatic rings. The highest BCUT2D eigenvalue weighted by Crippen LogP contribution is 2.24. The van der Waals surface area contributed by atoms with Crippen molar-refractivity contribution in [3.05, 3.63) is 58.4 Å². The molecule has 0 aliphatic heterocycles. The van der Waals surface area contributed by atoms with Crippen molar-refractivity contribution in [1.82, 2.24) is 13.9 Å². The molecule has 0 saturated heterocycles. The number of aromatic nitrogens is 3. The lowest BCUT2D eigenvalue weighted by Gasteiger charge is -2.10. The minimum Gasteiger partial charge on any atom is -0.318 e. The van der Waals surface area contributed by atoms with Crippen molar-refractivity contribution in [2.75, 3.05) is 11.1 Å². The van der Waals surface area contributed by atoms with Crippen LogP contribution in [0.15, 0.2) is 41.1 Å². The number of hydrogen-bond acceptors (Lipinski definition) is 7. The molecule has 8 nitrogen and oxygen atoms in total. The number of benzene rings is 1. The van der Waals surface area contributed by atoms with Crippen LogP contribution >= 0.6 is 11.5 Å². The Balaban J connectivity index is 1.85. The Morgan fingerprint density at radius 3 is 2.52 bits per heavy atom. The number of anilines is 1. The number of hydrogen-bond donors (Lipinski definition) is 1. The first kappa shape index (κ1) is 24.4. The quantitative estimate of drug-likeness (QED) is 0.397. The van der Waals surface area contributed by atoms with Gasteiger partial charge in [0.15, 0.2) is 0 Å². The van der Waals surface area contributed by atoms with E-state index in [1.807, 2.05) is 57.2 Å². The number of nitrogens with one attached hydrogen (secondary N) is 1. The fraction of sp³-hybridized carbons (Fsp3) is 0.304. The van der Waals surface area contributed by atoms with Crippen LogP contribution in [0.2, 0.25) is 0 Å². The van der Waals surface area contributed by atoms with Gasteiger partial charge in [-0.3, -0.25) is 10.1 Å². The van der Waals surface area contributed by atoms with E-state index in [-0.39, 0.29) is 27.5 Å². The number of nitrogens with zero attached hydrogens (tertiary/aromatic N) is 4. The van der Waals surface area contributed by atoms with Crippen molar-refractivity contribution >= 4 is 38.5 Å². The Bertz CT molecular complexity index is 1360. The maximum absolute atomic E-state index is 12.7. The Hall–Kier alpha value is -3.29. The van der Waals surface area contributed by atoms with E-state index in [9.17, 15) is 18.5 Å². The van der Waals surface area contributed by atoms with Gasteiger partial charge < -0.3 is 4.57 Å². The summed E-state index contributed by atoms with van der Waals surface area (Å²) in [7, 11) is -3.63. The topological polar surface area (TPSA) is 118 Å². The fourth-order valence-electron chi connectivity index (χ4n) is 3.39. The first-order chi connectivity index (χ1) is 15.5. The number of carbonyl (C=O) groups is 1. The van der Waals surface area contributed by atoms with E-state index in [0.717, 1.165) is 39.7 Å². The molecule has 0 bridgehead atoms. The molecule has 1 N–H and O–H groups in total. The third kappa shape index (κ3) is 5.56. The van der Waals surface area contributed by atoms with Gasteiger partial charge in [-0.1, -0.05) is 31.5 Å². The molecule has 0 atom stereocenters. The van der Waals surface area contributed by atoms with Crippen LogP contribution in [-0.2, 0) is 14.6 Å². The van der Waals surface area contributed by atoms with Crippen molar-refractivity contribution in [3.63, 3.8) is 0 Å². The van der Waals surface area contributed by atoms with Gasteiger partial charge >= 0.3 is 0 Å². The number of carbonyl (C=O) groups excluding carboxylic acids is 1. The van der Waals surface area contributed by atoms with E-state index in [2.05, 4.69) is 19.2 Å². The van der Waals surface area contributed by atoms with E-state index in [4.69, 9.17) is 0 Å². The molecule has 3 aromatic rings. The van der Waals surface area contributed by atoms with Crippen LogP contribution in [0.3, 0.4) is 0 Å². The SMILES string of the molecule is Cc1ccc(-n2c(C)cc(/C=C(/C#N)C(=O)Nc3nc(S(=O)(=O)CC(C)C)ns3)c2C)cc1. The Morgan fingerprint density at radius 2 is 1.91 bits per heavy atom. The largest absolute Gasteiger partial charge is 0.318 e. The monoisotopic (exact) mass is 483 g/mol. The summed E-state index contributed by atoms with van der Waals surface area (Å²) in [5.74, 6) is -0.845. The minimum atomic E-state index is -3.63. The van der Waals surface area contributed by atoms with Crippen LogP contribution in [-0.4, -0.2) is 34.0 Å². The Labute approximate surface area is 197 Å². The highest BCUT2D eigenvalue weighted by molar-refractivity contribution is 7.91. The maximum Gasteiger partial charge on any atom is 0.268 e. The van der Waals surface area contributed by atoms with E-state index in [1.165, 1.54) is 6.08 Å². The van der Waals surface area contributed by atoms with Crippen LogP contribution in [0.4, 0.5) is 5.13 Å². The summed E-state index contributed by atoms with van der Waals surface area (Å²) in [6.45, 7) is 9.46. The highest BCUT2D eigenvalue weighted by atomic mass is 32.2. The van der Waals surface area contributed by atoms with Gasteiger partial charge in [-0.2, -0.15) is 14.6 Å². The molecule has 172 valence electrons. The number of sulfone groups is 1. The summed E-state index contributed by atoms with van der Waals surface area (Å²) < 4.78 is 30.5. The molecule has 10 heteroatoms. The summed E-state index contributed by atoms with van der Waals surface area (Å²) in [6.07, 6.45) is 1.51. The fourth-order valence-corrected chi connectivity index (χ4v) is 5.75. The molecular weight excluding hydrogens is 458 g/mol.